The Kier molecular flexibility index (Phi) is 4.57. The molecule has 1 fully saturated rings. The predicted octanol–water partition coefficient (Wildman–Crippen LogP) is 0.495. The minimum atomic E-state index is -0.318. The third kappa shape index (κ3) is 2.76. The maximum atomic E-state index is 12.2. The van der Waals surface area contributed by atoms with Crippen LogP contribution in [0.2, 0.25) is 0 Å². The highest BCUT2D eigenvalue weighted by atomic mass is 16.5. The fraction of sp³-hybridized carbons (Fsp3) is 0.533. The van der Waals surface area contributed by atoms with Crippen LogP contribution in [0.3, 0.4) is 0 Å². The van der Waals surface area contributed by atoms with Gasteiger partial charge in [0, 0.05) is 37.9 Å². The minimum Gasteiger partial charge on any atom is -0.379 e. The Labute approximate surface area is 124 Å². The maximum absolute atomic E-state index is 12.2. The molecule has 2 aliphatic rings. The smallest absolute Gasteiger partial charge is 0.261 e. The normalized spacial score (nSPS) is 22.8. The molecule has 0 aliphatic carbocycles. The molecule has 0 aromatic rings. The Morgan fingerprint density at radius 1 is 1.29 bits per heavy atom. The Hall–Kier alpha value is -1.95. The number of rotatable bonds is 6. The second-order valence-electron chi connectivity index (χ2n) is 5.11. The van der Waals surface area contributed by atoms with Crippen LogP contribution in [0, 0.1) is 0 Å². The van der Waals surface area contributed by atoms with E-state index in [0.717, 1.165) is 0 Å². The average Bonchev–Trinajstić information content (AvgIpc) is 2.94. The summed E-state index contributed by atoms with van der Waals surface area (Å²) in [5, 5.41) is 0. The highest BCUT2D eigenvalue weighted by Gasteiger charge is 2.37. The number of imide groups is 1. The average molecular weight is 292 g/mol. The summed E-state index contributed by atoms with van der Waals surface area (Å²) in [6.45, 7) is 6.49. The molecule has 0 saturated carbocycles. The van der Waals surface area contributed by atoms with Gasteiger partial charge in [0.2, 0.25) is 5.91 Å². The van der Waals surface area contributed by atoms with Gasteiger partial charge in [-0.25, -0.2) is 0 Å². The van der Waals surface area contributed by atoms with E-state index in [1.807, 2.05) is 6.92 Å². The molecule has 0 bridgehead atoms. The molecule has 114 valence electrons. The number of hydrogen-bond acceptors (Lipinski definition) is 4. The molecular formula is C15H20N2O4. The zero-order chi connectivity index (χ0) is 15.6. The van der Waals surface area contributed by atoms with Crippen LogP contribution in [0.25, 0.3) is 0 Å². The highest BCUT2D eigenvalue weighted by molar-refractivity contribution is 6.20. The van der Waals surface area contributed by atoms with Crippen molar-refractivity contribution in [1.29, 1.82) is 0 Å². The van der Waals surface area contributed by atoms with Gasteiger partial charge in [0.05, 0.1) is 12.5 Å². The Bertz CT molecular complexity index is 524. The summed E-state index contributed by atoms with van der Waals surface area (Å²) < 4.78 is 5.16. The van der Waals surface area contributed by atoms with Gasteiger partial charge in [-0.1, -0.05) is 19.6 Å². The van der Waals surface area contributed by atoms with E-state index >= 15 is 0 Å². The van der Waals surface area contributed by atoms with E-state index in [1.165, 1.54) is 11.0 Å². The third-order valence-corrected chi connectivity index (χ3v) is 3.97. The number of carbonyl (C=O) groups excluding carboxylic acids is 3. The van der Waals surface area contributed by atoms with Crippen molar-refractivity contribution in [3.8, 4) is 0 Å². The van der Waals surface area contributed by atoms with Crippen LogP contribution >= 0.6 is 0 Å². The van der Waals surface area contributed by atoms with Crippen LogP contribution in [0.15, 0.2) is 23.8 Å². The number of likely N-dealkylation sites (tertiary alicyclic amines) is 1. The molecule has 1 saturated heterocycles. The first-order valence-corrected chi connectivity index (χ1v) is 7.05. The molecule has 0 aromatic carbocycles. The van der Waals surface area contributed by atoms with Crippen molar-refractivity contribution in [3.63, 3.8) is 0 Å². The Balaban J connectivity index is 1.99. The van der Waals surface area contributed by atoms with Gasteiger partial charge in [0.25, 0.3) is 11.8 Å². The fourth-order valence-corrected chi connectivity index (χ4v) is 2.73. The van der Waals surface area contributed by atoms with Gasteiger partial charge in [-0.2, -0.15) is 0 Å². The molecule has 2 heterocycles. The Morgan fingerprint density at radius 2 is 2.00 bits per heavy atom. The Morgan fingerprint density at radius 3 is 2.48 bits per heavy atom. The first kappa shape index (κ1) is 15.4. The van der Waals surface area contributed by atoms with Crippen LogP contribution in [0.5, 0.6) is 0 Å². The van der Waals surface area contributed by atoms with Crippen LogP contribution in [-0.4, -0.2) is 60.4 Å². The first-order valence-electron chi connectivity index (χ1n) is 7.05. The molecule has 2 aliphatic heterocycles. The van der Waals surface area contributed by atoms with E-state index < -0.39 is 0 Å². The molecular weight excluding hydrogens is 272 g/mol. The van der Waals surface area contributed by atoms with Crippen LogP contribution in [-0.2, 0) is 19.1 Å². The lowest BCUT2D eigenvalue weighted by Gasteiger charge is -2.21. The van der Waals surface area contributed by atoms with E-state index in [-0.39, 0.29) is 30.4 Å². The second kappa shape index (κ2) is 6.22. The van der Waals surface area contributed by atoms with Crippen molar-refractivity contribution in [2.45, 2.75) is 25.9 Å². The van der Waals surface area contributed by atoms with Gasteiger partial charge in [-0.15, -0.1) is 0 Å². The molecule has 1 unspecified atom stereocenters. The van der Waals surface area contributed by atoms with Gasteiger partial charge in [-0.3, -0.25) is 19.3 Å². The number of nitrogens with zero attached hydrogens (tertiary/aromatic N) is 2. The van der Waals surface area contributed by atoms with E-state index in [0.29, 0.717) is 37.1 Å². The number of amides is 3. The summed E-state index contributed by atoms with van der Waals surface area (Å²) in [5.41, 5.74) is 0.877. The monoisotopic (exact) mass is 292 g/mol. The lowest BCUT2D eigenvalue weighted by molar-refractivity contribution is -0.139. The van der Waals surface area contributed by atoms with Gasteiger partial charge >= 0.3 is 0 Å². The molecule has 3 amide bonds. The van der Waals surface area contributed by atoms with Gasteiger partial charge < -0.3 is 9.64 Å². The summed E-state index contributed by atoms with van der Waals surface area (Å²) >= 11 is 0. The largest absolute Gasteiger partial charge is 0.379 e. The van der Waals surface area contributed by atoms with E-state index in [1.54, 1.807) is 12.0 Å². The summed E-state index contributed by atoms with van der Waals surface area (Å²) in [5.74, 6) is -0.595. The molecule has 6 heteroatoms. The topological polar surface area (TPSA) is 66.9 Å². The van der Waals surface area contributed by atoms with Gasteiger partial charge in [0.15, 0.2) is 0 Å². The van der Waals surface area contributed by atoms with Crippen molar-refractivity contribution in [2.75, 3.05) is 26.7 Å². The minimum absolute atomic E-state index is 0.00596. The summed E-state index contributed by atoms with van der Waals surface area (Å²) in [6, 6.07) is 0. The molecule has 0 N–H and O–H groups in total. The molecule has 0 spiro atoms. The molecule has 21 heavy (non-hydrogen) atoms. The van der Waals surface area contributed by atoms with Crippen LogP contribution in [0.1, 0.15) is 19.8 Å². The maximum Gasteiger partial charge on any atom is 0.261 e. The third-order valence-electron chi connectivity index (χ3n) is 3.97. The zero-order valence-electron chi connectivity index (χ0n) is 12.4. The molecule has 0 aromatic heterocycles. The van der Waals surface area contributed by atoms with E-state index in [2.05, 4.69) is 6.58 Å². The van der Waals surface area contributed by atoms with Crippen molar-refractivity contribution in [2.24, 2.45) is 0 Å². The lowest BCUT2D eigenvalue weighted by Crippen LogP contribution is -2.40. The summed E-state index contributed by atoms with van der Waals surface area (Å²) in [4.78, 5) is 39.0. The van der Waals surface area contributed by atoms with Crippen LogP contribution < -0.4 is 0 Å². The van der Waals surface area contributed by atoms with Gasteiger partial charge in [0.1, 0.15) is 0 Å². The van der Waals surface area contributed by atoms with Crippen molar-refractivity contribution < 1.29 is 19.1 Å². The van der Waals surface area contributed by atoms with Crippen molar-refractivity contribution in [1.82, 2.24) is 9.80 Å². The standard InChI is InChI=1S/C15H20N2O4/c1-4-11-12(5-2)15(20)17(14(11)19)7-6-16-9-10(21-3)8-13(16)18/h4,10H,1,5-9H2,2-3H3. The zero-order valence-corrected chi connectivity index (χ0v) is 12.4. The fourth-order valence-electron chi connectivity index (χ4n) is 2.73. The highest BCUT2D eigenvalue weighted by Crippen LogP contribution is 2.24. The molecule has 2 rings (SSSR count). The second-order valence-corrected chi connectivity index (χ2v) is 5.11. The first-order chi connectivity index (χ1) is 10.0. The number of carbonyl (C=O) groups is 3. The quantitative estimate of drug-likeness (QED) is 0.668. The lowest BCUT2D eigenvalue weighted by atomic mass is 10.1. The number of methoxy groups -OCH3 is 1. The summed E-state index contributed by atoms with van der Waals surface area (Å²) in [6.07, 6.45) is 2.18. The molecule has 0 radical (unpaired) electrons. The predicted molar refractivity (Wildman–Crippen MR) is 76.2 cm³/mol. The van der Waals surface area contributed by atoms with Crippen LogP contribution in [0.4, 0.5) is 0 Å². The SMILES string of the molecule is C=CC1=C(CC)C(=O)N(CCN2CC(OC)CC2=O)C1=O. The molecule has 6 nitrogen and oxygen atoms in total. The van der Waals surface area contributed by atoms with Crippen molar-refractivity contribution >= 4 is 17.7 Å². The van der Waals surface area contributed by atoms with Gasteiger partial charge in [-0.05, 0) is 6.42 Å². The molecule has 1 atom stereocenters. The van der Waals surface area contributed by atoms with E-state index in [9.17, 15) is 14.4 Å². The number of hydrogen-bond donors (Lipinski definition) is 0. The summed E-state index contributed by atoms with van der Waals surface area (Å²) in [7, 11) is 1.57. The van der Waals surface area contributed by atoms with Crippen molar-refractivity contribution in [3.05, 3.63) is 23.8 Å². The van der Waals surface area contributed by atoms with E-state index in [4.69, 9.17) is 4.74 Å². The number of ether oxygens (including phenoxy) is 1.